The molecule has 5 heteroatoms. The van der Waals surface area contributed by atoms with Crippen molar-refractivity contribution in [3.63, 3.8) is 0 Å². The molecule has 1 N–H and O–H groups in total. The van der Waals surface area contributed by atoms with Crippen molar-refractivity contribution in [1.82, 2.24) is 0 Å². The van der Waals surface area contributed by atoms with Gasteiger partial charge in [-0.25, -0.2) is 4.79 Å². The first-order valence-electron chi connectivity index (χ1n) is 10.9. The molecular weight excluding hydrogens is 410 g/mol. The lowest BCUT2D eigenvalue weighted by Crippen LogP contribution is -2.33. The normalized spacial score (nSPS) is 21.6. The molecule has 3 aromatic carbocycles. The second-order valence-corrected chi connectivity index (χ2v) is 8.99. The summed E-state index contributed by atoms with van der Waals surface area (Å²) in [7, 11) is 0. The lowest BCUT2D eigenvalue weighted by Gasteiger charge is -2.37. The maximum Gasteiger partial charge on any atom is 0.340 e. The van der Waals surface area contributed by atoms with E-state index in [4.69, 9.17) is 21.1 Å². The maximum atomic E-state index is 12.9. The van der Waals surface area contributed by atoms with Crippen LogP contribution in [0.1, 0.15) is 59.2 Å². The number of fused-ring (bicyclic) bond motifs is 6. The minimum absolute atomic E-state index is 0.324. The molecule has 4 nitrogen and oxygen atoms in total. The fraction of sp³-hybridized carbons (Fsp3) is 0.269. The largest absolute Gasteiger partial charge is 0.456 e. The molecule has 156 valence electrons. The van der Waals surface area contributed by atoms with E-state index < -0.39 is 5.60 Å². The summed E-state index contributed by atoms with van der Waals surface area (Å²) < 4.78 is 12.4. The number of nitrogens with one attached hydrogen (secondary N) is 1. The molecular formula is C26H22ClNO3. The smallest absolute Gasteiger partial charge is 0.340 e. The lowest BCUT2D eigenvalue weighted by molar-refractivity contribution is 0.0224. The van der Waals surface area contributed by atoms with Gasteiger partial charge in [-0.2, -0.15) is 0 Å². The van der Waals surface area contributed by atoms with Crippen LogP contribution < -0.4 is 10.1 Å². The van der Waals surface area contributed by atoms with Crippen molar-refractivity contribution in [2.24, 2.45) is 0 Å². The van der Waals surface area contributed by atoms with E-state index in [1.54, 1.807) is 6.07 Å². The summed E-state index contributed by atoms with van der Waals surface area (Å²) in [6, 6.07) is 19.6. The predicted molar refractivity (Wildman–Crippen MR) is 120 cm³/mol. The quantitative estimate of drug-likeness (QED) is 0.461. The van der Waals surface area contributed by atoms with Crippen LogP contribution in [0.3, 0.4) is 0 Å². The van der Waals surface area contributed by atoms with Crippen molar-refractivity contribution in [3.8, 4) is 11.5 Å². The molecule has 2 heterocycles. The van der Waals surface area contributed by atoms with Crippen LogP contribution in [0.25, 0.3) is 0 Å². The number of carbonyl (C=O) groups is 1. The SMILES string of the molecule is O=C1OC2(c3ccc(Cl)cc3Oc3ccc(NC4CCCCC4)cc32)c2ccccc21. The molecule has 0 bridgehead atoms. The standard InChI is InChI=1S/C26H22ClNO3/c27-16-10-12-21-24(14-16)30-23-13-11-18(28-17-6-2-1-3-7-17)15-22(23)26(21)20-9-5-4-8-19(20)25(29)31-26/h4-5,8-15,17,28H,1-3,6-7H2. The van der Waals surface area contributed by atoms with Crippen molar-refractivity contribution in [2.45, 2.75) is 43.7 Å². The van der Waals surface area contributed by atoms with Crippen LogP contribution in [0, 0.1) is 0 Å². The number of halogens is 1. The first-order chi connectivity index (χ1) is 15.1. The number of anilines is 1. The summed E-state index contributed by atoms with van der Waals surface area (Å²) in [5, 5.41) is 4.26. The van der Waals surface area contributed by atoms with E-state index in [2.05, 4.69) is 11.4 Å². The first-order valence-corrected chi connectivity index (χ1v) is 11.2. The summed E-state index contributed by atoms with van der Waals surface area (Å²) >= 11 is 6.26. The molecule has 0 aromatic heterocycles. The van der Waals surface area contributed by atoms with Crippen molar-refractivity contribution in [2.75, 3.05) is 5.32 Å². The first kappa shape index (κ1) is 18.8. The van der Waals surface area contributed by atoms with Gasteiger partial charge in [-0.15, -0.1) is 0 Å². The van der Waals surface area contributed by atoms with Crippen LogP contribution in [-0.4, -0.2) is 12.0 Å². The van der Waals surface area contributed by atoms with E-state index in [1.807, 2.05) is 48.5 Å². The zero-order valence-electron chi connectivity index (χ0n) is 17.0. The molecule has 3 aromatic rings. The third kappa shape index (κ3) is 2.85. The molecule has 0 radical (unpaired) electrons. The Morgan fingerprint density at radius 3 is 2.58 bits per heavy atom. The number of hydrogen-bond acceptors (Lipinski definition) is 4. The minimum Gasteiger partial charge on any atom is -0.456 e. The molecule has 1 aliphatic carbocycles. The van der Waals surface area contributed by atoms with Crippen LogP contribution >= 0.6 is 11.6 Å². The number of rotatable bonds is 2. The number of carbonyl (C=O) groups excluding carboxylic acids is 1. The highest BCUT2D eigenvalue weighted by Crippen LogP contribution is 2.56. The zero-order chi connectivity index (χ0) is 21.0. The summed E-state index contributed by atoms with van der Waals surface area (Å²) in [5.41, 5.74) is 3.01. The highest BCUT2D eigenvalue weighted by Gasteiger charge is 2.53. The molecule has 31 heavy (non-hydrogen) atoms. The number of hydrogen-bond donors (Lipinski definition) is 1. The fourth-order valence-electron chi connectivity index (χ4n) is 5.22. The lowest BCUT2D eigenvalue weighted by atomic mass is 9.77. The molecule has 0 amide bonds. The Bertz CT molecular complexity index is 1200. The Hall–Kier alpha value is -2.98. The molecule has 0 saturated heterocycles. The maximum absolute atomic E-state index is 12.9. The van der Waals surface area contributed by atoms with Crippen LogP contribution in [0.2, 0.25) is 5.02 Å². The van der Waals surface area contributed by atoms with E-state index in [0.29, 0.717) is 28.1 Å². The van der Waals surface area contributed by atoms with Gasteiger partial charge < -0.3 is 14.8 Å². The van der Waals surface area contributed by atoms with Gasteiger partial charge in [0, 0.05) is 33.4 Å². The van der Waals surface area contributed by atoms with Gasteiger partial charge in [0.25, 0.3) is 0 Å². The van der Waals surface area contributed by atoms with Crippen LogP contribution in [-0.2, 0) is 10.3 Å². The van der Waals surface area contributed by atoms with E-state index in [0.717, 1.165) is 22.4 Å². The molecule has 1 unspecified atom stereocenters. The molecule has 6 rings (SSSR count). The van der Waals surface area contributed by atoms with E-state index >= 15 is 0 Å². The summed E-state index contributed by atoms with van der Waals surface area (Å²) in [5.74, 6) is 0.959. The summed E-state index contributed by atoms with van der Waals surface area (Å²) in [6.45, 7) is 0. The van der Waals surface area contributed by atoms with Crippen LogP contribution in [0.4, 0.5) is 5.69 Å². The number of ether oxygens (including phenoxy) is 2. The number of benzene rings is 3. The van der Waals surface area contributed by atoms with Crippen molar-refractivity contribution >= 4 is 23.3 Å². The van der Waals surface area contributed by atoms with Gasteiger partial charge in [-0.1, -0.05) is 49.1 Å². The Kier molecular flexibility index (Phi) is 4.25. The molecule has 2 aliphatic heterocycles. The zero-order valence-corrected chi connectivity index (χ0v) is 17.7. The summed E-state index contributed by atoms with van der Waals surface area (Å²) in [6.07, 6.45) is 6.19. The monoisotopic (exact) mass is 431 g/mol. The van der Waals surface area contributed by atoms with Gasteiger partial charge in [0.2, 0.25) is 0 Å². The van der Waals surface area contributed by atoms with E-state index in [1.165, 1.54) is 32.1 Å². The van der Waals surface area contributed by atoms with Gasteiger partial charge in [-0.05, 0) is 55.3 Å². The van der Waals surface area contributed by atoms with Gasteiger partial charge in [0.1, 0.15) is 11.5 Å². The Morgan fingerprint density at radius 1 is 0.871 bits per heavy atom. The highest BCUT2D eigenvalue weighted by atomic mass is 35.5. The van der Waals surface area contributed by atoms with E-state index in [-0.39, 0.29) is 5.97 Å². The predicted octanol–water partition coefficient (Wildman–Crippen LogP) is 6.65. The average Bonchev–Trinajstić information content (AvgIpc) is 3.08. The van der Waals surface area contributed by atoms with Crippen LogP contribution in [0.15, 0.2) is 60.7 Å². The van der Waals surface area contributed by atoms with Crippen LogP contribution in [0.5, 0.6) is 11.5 Å². The molecule has 1 atom stereocenters. The third-order valence-electron chi connectivity index (χ3n) is 6.65. The van der Waals surface area contributed by atoms with Crippen molar-refractivity contribution in [1.29, 1.82) is 0 Å². The molecule has 1 fully saturated rings. The second-order valence-electron chi connectivity index (χ2n) is 8.55. The van der Waals surface area contributed by atoms with Gasteiger partial charge in [0.05, 0.1) is 5.56 Å². The van der Waals surface area contributed by atoms with Gasteiger partial charge in [-0.3, -0.25) is 0 Å². The summed E-state index contributed by atoms with van der Waals surface area (Å²) in [4.78, 5) is 12.9. The second kappa shape index (κ2) is 7.03. The Labute approximate surface area is 186 Å². The Balaban J connectivity index is 1.54. The van der Waals surface area contributed by atoms with E-state index in [9.17, 15) is 4.79 Å². The van der Waals surface area contributed by atoms with Gasteiger partial charge in [0.15, 0.2) is 5.60 Å². The minimum atomic E-state index is -1.05. The van der Waals surface area contributed by atoms with Crippen molar-refractivity contribution in [3.05, 3.63) is 87.9 Å². The Morgan fingerprint density at radius 2 is 1.71 bits per heavy atom. The average molecular weight is 432 g/mol. The molecule has 3 aliphatic rings. The fourth-order valence-corrected chi connectivity index (χ4v) is 5.38. The third-order valence-corrected chi connectivity index (χ3v) is 6.88. The van der Waals surface area contributed by atoms with Crippen molar-refractivity contribution < 1.29 is 14.3 Å². The number of esters is 1. The molecule has 1 saturated carbocycles. The highest BCUT2D eigenvalue weighted by molar-refractivity contribution is 6.30. The molecule has 1 spiro atoms. The van der Waals surface area contributed by atoms with Gasteiger partial charge >= 0.3 is 5.97 Å². The topological polar surface area (TPSA) is 47.6 Å².